The molecule has 0 radical (unpaired) electrons. The Bertz CT molecular complexity index is 1780. The number of aryl methyl sites for hydroxylation is 2. The number of carbonyl (C=O) groups excluding carboxylic acids is 1. The van der Waals surface area contributed by atoms with Gasteiger partial charge in [-0.3, -0.25) is 14.7 Å². The highest BCUT2D eigenvalue weighted by Gasteiger charge is 2.21. The van der Waals surface area contributed by atoms with Crippen LogP contribution in [0, 0.1) is 33.5 Å². The Labute approximate surface area is 287 Å². The molecule has 0 saturated carbocycles. The Morgan fingerprint density at radius 3 is 2.40 bits per heavy atom. The SMILES string of the molecule is Cc1ccc(Cl)cc1N(C)C(=O)Oc1cc(-c2ccc(C)c(C)c2C)nc(Nc2ccc(OCCN3CCN(C(C)C)CC3)c(F)c2)n1. The summed E-state index contributed by atoms with van der Waals surface area (Å²) in [5.74, 6) is -0.152. The van der Waals surface area contributed by atoms with E-state index in [1.807, 2.05) is 32.0 Å². The maximum atomic E-state index is 15.2. The van der Waals surface area contributed by atoms with Gasteiger partial charge in [-0.2, -0.15) is 4.98 Å². The molecule has 1 N–H and O–H groups in total. The van der Waals surface area contributed by atoms with Gasteiger partial charge in [-0.25, -0.2) is 14.2 Å². The van der Waals surface area contributed by atoms with Gasteiger partial charge in [0.15, 0.2) is 11.6 Å². The number of nitrogens with zero attached hydrogens (tertiary/aromatic N) is 5. The summed E-state index contributed by atoms with van der Waals surface area (Å²) in [6.07, 6.45) is -0.651. The van der Waals surface area contributed by atoms with Gasteiger partial charge in [-0.15, -0.1) is 0 Å². The monoisotopic (exact) mass is 674 g/mol. The van der Waals surface area contributed by atoms with E-state index in [2.05, 4.69) is 47.8 Å². The zero-order valence-electron chi connectivity index (χ0n) is 28.7. The molecule has 0 unspecified atom stereocenters. The van der Waals surface area contributed by atoms with Gasteiger partial charge in [0.25, 0.3) is 0 Å². The molecule has 1 fully saturated rings. The average molecular weight is 675 g/mol. The number of carbonyl (C=O) groups is 1. The minimum absolute atomic E-state index is 0.0336. The number of ether oxygens (including phenoxy) is 2. The molecule has 2 heterocycles. The molecule has 48 heavy (non-hydrogen) atoms. The molecule has 1 aliphatic rings. The molecule has 0 aliphatic carbocycles. The molecule has 1 amide bonds. The zero-order chi connectivity index (χ0) is 34.5. The highest BCUT2D eigenvalue weighted by molar-refractivity contribution is 6.31. The van der Waals surface area contributed by atoms with Crippen LogP contribution < -0.4 is 19.7 Å². The number of piperazine rings is 1. The van der Waals surface area contributed by atoms with Crippen LogP contribution in [-0.4, -0.2) is 78.3 Å². The van der Waals surface area contributed by atoms with E-state index in [1.165, 1.54) is 11.0 Å². The van der Waals surface area contributed by atoms with Crippen LogP contribution >= 0.6 is 11.6 Å². The van der Waals surface area contributed by atoms with Crippen molar-refractivity contribution < 1.29 is 18.7 Å². The van der Waals surface area contributed by atoms with Crippen LogP contribution in [0.15, 0.2) is 54.6 Å². The Balaban J connectivity index is 1.34. The number of benzene rings is 3. The van der Waals surface area contributed by atoms with Crippen LogP contribution in [0.5, 0.6) is 11.6 Å². The molecular weight excluding hydrogens is 631 g/mol. The van der Waals surface area contributed by atoms with Crippen LogP contribution in [0.1, 0.15) is 36.1 Å². The van der Waals surface area contributed by atoms with Crippen molar-refractivity contribution in [2.45, 2.75) is 47.6 Å². The van der Waals surface area contributed by atoms with Gasteiger partial charge in [0, 0.05) is 74.2 Å². The molecular formula is C37H44ClFN6O3. The largest absolute Gasteiger partial charge is 0.489 e. The van der Waals surface area contributed by atoms with E-state index in [0.717, 1.165) is 60.5 Å². The number of amides is 1. The first-order chi connectivity index (χ1) is 22.9. The predicted octanol–water partition coefficient (Wildman–Crippen LogP) is 7.95. The summed E-state index contributed by atoms with van der Waals surface area (Å²) in [4.78, 5) is 28.6. The predicted molar refractivity (Wildman–Crippen MR) is 191 cm³/mol. The highest BCUT2D eigenvalue weighted by Crippen LogP contribution is 2.31. The van der Waals surface area contributed by atoms with E-state index in [0.29, 0.717) is 34.7 Å². The van der Waals surface area contributed by atoms with Crippen molar-refractivity contribution in [1.29, 1.82) is 0 Å². The van der Waals surface area contributed by atoms with Gasteiger partial charge in [0.2, 0.25) is 11.8 Å². The maximum absolute atomic E-state index is 15.2. The van der Waals surface area contributed by atoms with Crippen LogP contribution in [0.25, 0.3) is 11.3 Å². The van der Waals surface area contributed by atoms with Crippen molar-refractivity contribution >= 4 is 35.0 Å². The molecule has 4 aromatic rings. The molecule has 0 bridgehead atoms. The van der Waals surface area contributed by atoms with Gasteiger partial charge in [0.05, 0.1) is 11.4 Å². The van der Waals surface area contributed by atoms with E-state index < -0.39 is 11.9 Å². The lowest BCUT2D eigenvalue weighted by atomic mass is 9.97. The zero-order valence-corrected chi connectivity index (χ0v) is 29.5. The number of hydrogen-bond donors (Lipinski definition) is 1. The third kappa shape index (κ3) is 8.42. The molecule has 0 atom stereocenters. The van der Waals surface area contributed by atoms with Gasteiger partial charge in [0.1, 0.15) is 6.61 Å². The molecule has 1 aliphatic heterocycles. The second-order valence-electron chi connectivity index (χ2n) is 12.5. The topological polar surface area (TPSA) is 83.1 Å². The Morgan fingerprint density at radius 2 is 1.69 bits per heavy atom. The molecule has 9 nitrogen and oxygen atoms in total. The lowest BCUT2D eigenvalue weighted by molar-refractivity contribution is 0.0965. The summed E-state index contributed by atoms with van der Waals surface area (Å²) < 4.78 is 26.8. The van der Waals surface area contributed by atoms with Crippen molar-refractivity contribution in [3.8, 4) is 22.9 Å². The number of anilines is 3. The lowest BCUT2D eigenvalue weighted by Gasteiger charge is -2.36. The second kappa shape index (κ2) is 15.3. The van der Waals surface area contributed by atoms with Crippen molar-refractivity contribution in [3.63, 3.8) is 0 Å². The van der Waals surface area contributed by atoms with Gasteiger partial charge in [-0.1, -0.05) is 29.8 Å². The molecule has 3 aromatic carbocycles. The summed E-state index contributed by atoms with van der Waals surface area (Å²) in [6, 6.07) is 16.1. The molecule has 1 aromatic heterocycles. The van der Waals surface area contributed by atoms with E-state index in [1.54, 1.807) is 37.4 Å². The third-order valence-corrected chi connectivity index (χ3v) is 9.26. The van der Waals surface area contributed by atoms with Crippen molar-refractivity contribution in [2.75, 3.05) is 56.6 Å². The average Bonchev–Trinajstić information content (AvgIpc) is 3.05. The summed E-state index contributed by atoms with van der Waals surface area (Å²) in [5.41, 5.74) is 6.62. The van der Waals surface area contributed by atoms with E-state index in [-0.39, 0.29) is 17.6 Å². The molecule has 1 saturated heterocycles. The second-order valence-corrected chi connectivity index (χ2v) is 13.0. The molecule has 254 valence electrons. The number of rotatable bonds is 10. The van der Waals surface area contributed by atoms with E-state index in [4.69, 9.17) is 26.1 Å². The van der Waals surface area contributed by atoms with Gasteiger partial charge in [-0.05, 0) is 88.1 Å². The summed E-state index contributed by atoms with van der Waals surface area (Å²) in [6.45, 7) is 17.6. The normalized spacial score (nSPS) is 13.9. The van der Waals surface area contributed by atoms with Crippen LogP contribution in [0.2, 0.25) is 5.02 Å². The van der Waals surface area contributed by atoms with E-state index >= 15 is 4.39 Å². The lowest BCUT2D eigenvalue weighted by Crippen LogP contribution is -2.49. The number of hydrogen-bond acceptors (Lipinski definition) is 8. The quantitative estimate of drug-likeness (QED) is 0.182. The minimum atomic E-state index is -0.651. The van der Waals surface area contributed by atoms with Crippen LogP contribution in [-0.2, 0) is 0 Å². The van der Waals surface area contributed by atoms with Crippen molar-refractivity contribution in [1.82, 2.24) is 19.8 Å². The fourth-order valence-electron chi connectivity index (χ4n) is 5.72. The molecule has 11 heteroatoms. The minimum Gasteiger partial charge on any atom is -0.489 e. The Kier molecular flexibility index (Phi) is 11.2. The van der Waals surface area contributed by atoms with Crippen LogP contribution in [0.3, 0.4) is 0 Å². The van der Waals surface area contributed by atoms with Crippen molar-refractivity contribution in [3.05, 3.63) is 87.7 Å². The first kappa shape index (κ1) is 35.1. The van der Waals surface area contributed by atoms with E-state index in [9.17, 15) is 4.79 Å². The summed E-state index contributed by atoms with van der Waals surface area (Å²) in [7, 11) is 1.61. The first-order valence-electron chi connectivity index (χ1n) is 16.2. The molecule has 5 rings (SSSR count). The number of aromatic nitrogens is 2. The fourth-order valence-corrected chi connectivity index (χ4v) is 5.88. The van der Waals surface area contributed by atoms with Crippen LogP contribution in [0.4, 0.5) is 26.5 Å². The fraction of sp³-hybridized carbons (Fsp3) is 0.378. The first-order valence-corrected chi connectivity index (χ1v) is 16.6. The summed E-state index contributed by atoms with van der Waals surface area (Å²) in [5, 5.41) is 3.59. The van der Waals surface area contributed by atoms with Gasteiger partial charge >= 0.3 is 6.09 Å². The standard InChI is InChI=1S/C37H44ClFN6O3/c1-23(2)45-16-14-44(15-17-45)18-19-47-34-13-11-29(21-31(34)39)40-36-41-32(30-12-9-24(3)26(5)27(30)6)22-35(42-36)48-37(46)43(7)33-20-28(38)10-8-25(33)4/h8-13,20-23H,14-19H2,1-7H3,(H,40,41,42). The smallest absolute Gasteiger partial charge is 0.420 e. The Morgan fingerprint density at radius 1 is 0.958 bits per heavy atom. The number of nitrogens with one attached hydrogen (secondary N) is 1. The third-order valence-electron chi connectivity index (χ3n) is 9.03. The molecule has 0 spiro atoms. The highest BCUT2D eigenvalue weighted by atomic mass is 35.5. The summed E-state index contributed by atoms with van der Waals surface area (Å²) >= 11 is 6.20. The maximum Gasteiger partial charge on any atom is 0.420 e. The Hall–Kier alpha value is -4.25. The number of halogens is 2. The van der Waals surface area contributed by atoms with Crippen molar-refractivity contribution in [2.24, 2.45) is 0 Å². The van der Waals surface area contributed by atoms with Gasteiger partial charge < -0.3 is 14.8 Å².